The number of carbonyl (C=O) groups is 1. The molecule has 1 unspecified atom stereocenters. The zero-order valence-electron chi connectivity index (χ0n) is 14.5. The van der Waals surface area contributed by atoms with Gasteiger partial charge in [0, 0.05) is 31.8 Å². The summed E-state index contributed by atoms with van der Waals surface area (Å²) in [5.74, 6) is 0.136. The van der Waals surface area contributed by atoms with Gasteiger partial charge in [0.25, 0.3) is 5.69 Å². The monoisotopic (exact) mass is 348 g/mol. The molecule has 3 rings (SSSR count). The molecular weight excluding hydrogens is 324 g/mol. The van der Waals surface area contributed by atoms with Crippen LogP contribution in [0.5, 0.6) is 0 Å². The predicted octanol–water partition coefficient (Wildman–Crippen LogP) is 3.17. The molecule has 7 nitrogen and oxygen atoms in total. The molecule has 0 spiro atoms. The molecule has 0 aliphatic carbocycles. The zero-order valence-corrected chi connectivity index (χ0v) is 14.5. The third-order valence-electron chi connectivity index (χ3n) is 4.96. The van der Waals surface area contributed by atoms with E-state index >= 15 is 0 Å². The third-order valence-corrected chi connectivity index (χ3v) is 4.96. The van der Waals surface area contributed by atoms with Crippen LogP contribution in [0.1, 0.15) is 43.0 Å². The number of carbonyl (C=O) groups excluding carboxylic acids is 1. The van der Waals surface area contributed by atoms with Crippen LogP contribution in [0.25, 0.3) is 0 Å². The molecule has 2 fully saturated rings. The highest BCUT2D eigenvalue weighted by atomic mass is 16.6. The number of non-ortho nitro benzene ring substituents is 1. The van der Waals surface area contributed by atoms with Crippen LogP contribution >= 0.6 is 0 Å². The van der Waals surface area contributed by atoms with E-state index in [0.717, 1.165) is 44.5 Å². The molecule has 25 heavy (non-hydrogen) atoms. The molecule has 2 heterocycles. The smallest absolute Gasteiger partial charge is 0.340 e. The second-order valence-corrected chi connectivity index (χ2v) is 6.86. The van der Waals surface area contributed by atoms with Crippen LogP contribution in [-0.2, 0) is 9.47 Å². The van der Waals surface area contributed by atoms with Gasteiger partial charge in [0.15, 0.2) is 0 Å². The highest BCUT2D eigenvalue weighted by molar-refractivity contribution is 5.96. The first-order chi connectivity index (χ1) is 12.0. The molecule has 0 aromatic heterocycles. The summed E-state index contributed by atoms with van der Waals surface area (Å²) < 4.78 is 10.8. The van der Waals surface area contributed by atoms with Crippen LogP contribution in [0.2, 0.25) is 0 Å². The van der Waals surface area contributed by atoms with Crippen molar-refractivity contribution in [2.45, 2.75) is 38.7 Å². The molecule has 2 aliphatic rings. The molecule has 0 N–H and O–H groups in total. The average Bonchev–Trinajstić information content (AvgIpc) is 3.13. The van der Waals surface area contributed by atoms with E-state index in [1.807, 2.05) is 0 Å². The van der Waals surface area contributed by atoms with Gasteiger partial charge in [-0.1, -0.05) is 6.92 Å². The minimum atomic E-state index is -0.521. The Labute approximate surface area is 147 Å². The van der Waals surface area contributed by atoms with Crippen molar-refractivity contribution in [2.75, 3.05) is 31.2 Å². The topological polar surface area (TPSA) is 81.9 Å². The first-order valence-electron chi connectivity index (χ1n) is 8.86. The molecule has 1 aromatic rings. The fourth-order valence-corrected chi connectivity index (χ4v) is 3.35. The number of nitro benzene ring substituents is 1. The number of anilines is 1. The van der Waals surface area contributed by atoms with Gasteiger partial charge in [-0.2, -0.15) is 0 Å². The first kappa shape index (κ1) is 17.7. The standard InChI is InChI=1S/C18H24N2O5/c1-13-6-8-19(9-7-13)17-5-4-14(20(22)23)11-16(17)18(21)25-12-15-3-2-10-24-15/h4-5,11,13,15H,2-3,6-10,12H2,1H3. The van der Waals surface area contributed by atoms with Crippen molar-refractivity contribution >= 4 is 17.3 Å². The van der Waals surface area contributed by atoms with Gasteiger partial charge >= 0.3 is 5.97 Å². The molecule has 0 amide bonds. The van der Waals surface area contributed by atoms with Gasteiger partial charge in [-0.25, -0.2) is 4.79 Å². The summed E-state index contributed by atoms with van der Waals surface area (Å²) in [6, 6.07) is 4.44. The Bertz CT molecular complexity index is 634. The summed E-state index contributed by atoms with van der Waals surface area (Å²) in [4.78, 5) is 25.3. The second-order valence-electron chi connectivity index (χ2n) is 6.86. The quantitative estimate of drug-likeness (QED) is 0.462. The van der Waals surface area contributed by atoms with E-state index in [-0.39, 0.29) is 24.0 Å². The Morgan fingerprint density at radius 3 is 2.76 bits per heavy atom. The minimum Gasteiger partial charge on any atom is -0.459 e. The van der Waals surface area contributed by atoms with E-state index in [2.05, 4.69) is 11.8 Å². The van der Waals surface area contributed by atoms with Crippen LogP contribution in [0, 0.1) is 16.0 Å². The van der Waals surface area contributed by atoms with Gasteiger partial charge in [0.05, 0.1) is 22.3 Å². The first-order valence-corrected chi connectivity index (χ1v) is 8.86. The van der Waals surface area contributed by atoms with Gasteiger partial charge < -0.3 is 14.4 Å². The maximum atomic E-state index is 12.6. The molecular formula is C18H24N2O5. The summed E-state index contributed by atoms with van der Waals surface area (Å²) in [6.07, 6.45) is 3.86. The van der Waals surface area contributed by atoms with Crippen molar-refractivity contribution < 1.29 is 19.2 Å². The van der Waals surface area contributed by atoms with Gasteiger partial charge in [0.1, 0.15) is 6.61 Å². The van der Waals surface area contributed by atoms with Crippen molar-refractivity contribution in [1.82, 2.24) is 0 Å². The molecule has 0 radical (unpaired) electrons. The maximum absolute atomic E-state index is 12.6. The lowest BCUT2D eigenvalue weighted by Crippen LogP contribution is -2.34. The number of nitrogens with zero attached hydrogens (tertiary/aromatic N) is 2. The third kappa shape index (κ3) is 4.28. The largest absolute Gasteiger partial charge is 0.459 e. The van der Waals surface area contributed by atoms with E-state index in [0.29, 0.717) is 12.5 Å². The lowest BCUT2D eigenvalue weighted by atomic mass is 9.98. The molecule has 1 aromatic carbocycles. The van der Waals surface area contributed by atoms with Gasteiger partial charge in [-0.15, -0.1) is 0 Å². The van der Waals surface area contributed by atoms with Gasteiger partial charge in [-0.05, 0) is 37.7 Å². The predicted molar refractivity (Wildman–Crippen MR) is 93.0 cm³/mol. The summed E-state index contributed by atoms with van der Waals surface area (Å²) in [7, 11) is 0. The van der Waals surface area contributed by atoms with Crippen LogP contribution in [0.4, 0.5) is 11.4 Å². The molecule has 7 heteroatoms. The summed E-state index contributed by atoms with van der Waals surface area (Å²) in [5, 5.41) is 11.1. The van der Waals surface area contributed by atoms with E-state index in [4.69, 9.17) is 9.47 Å². The maximum Gasteiger partial charge on any atom is 0.340 e. The van der Waals surface area contributed by atoms with Crippen molar-refractivity contribution in [3.63, 3.8) is 0 Å². The van der Waals surface area contributed by atoms with E-state index in [1.165, 1.54) is 12.1 Å². The van der Waals surface area contributed by atoms with Crippen molar-refractivity contribution in [2.24, 2.45) is 5.92 Å². The van der Waals surface area contributed by atoms with E-state index in [1.54, 1.807) is 6.07 Å². The number of piperidine rings is 1. The number of benzene rings is 1. The fourth-order valence-electron chi connectivity index (χ4n) is 3.35. The number of nitro groups is 1. The van der Waals surface area contributed by atoms with Crippen LogP contribution in [0.3, 0.4) is 0 Å². The second kappa shape index (κ2) is 7.82. The number of rotatable bonds is 5. The van der Waals surface area contributed by atoms with Crippen LogP contribution in [0.15, 0.2) is 18.2 Å². The number of hydrogen-bond donors (Lipinski definition) is 0. The summed E-state index contributed by atoms with van der Waals surface area (Å²) >= 11 is 0. The summed E-state index contributed by atoms with van der Waals surface area (Å²) in [6.45, 7) is 4.77. The Balaban J connectivity index is 1.79. The Morgan fingerprint density at radius 2 is 2.12 bits per heavy atom. The molecule has 136 valence electrons. The molecule has 2 saturated heterocycles. The van der Waals surface area contributed by atoms with Gasteiger partial charge in [-0.3, -0.25) is 10.1 Å². The lowest BCUT2D eigenvalue weighted by molar-refractivity contribution is -0.384. The number of ether oxygens (including phenoxy) is 2. The molecule has 2 aliphatic heterocycles. The highest BCUT2D eigenvalue weighted by Gasteiger charge is 2.25. The van der Waals surface area contributed by atoms with E-state index < -0.39 is 10.9 Å². The van der Waals surface area contributed by atoms with Gasteiger partial charge in [0.2, 0.25) is 0 Å². The summed E-state index contributed by atoms with van der Waals surface area (Å²) in [5.41, 5.74) is 0.884. The molecule has 0 saturated carbocycles. The zero-order chi connectivity index (χ0) is 17.8. The highest BCUT2D eigenvalue weighted by Crippen LogP contribution is 2.30. The Morgan fingerprint density at radius 1 is 1.36 bits per heavy atom. The SMILES string of the molecule is CC1CCN(c2ccc([N+](=O)[O-])cc2C(=O)OCC2CCCO2)CC1. The average molecular weight is 348 g/mol. The Kier molecular flexibility index (Phi) is 5.53. The normalized spacial score (nSPS) is 21.3. The van der Waals surface area contributed by atoms with Crippen molar-refractivity contribution in [3.8, 4) is 0 Å². The molecule has 0 bridgehead atoms. The van der Waals surface area contributed by atoms with E-state index in [9.17, 15) is 14.9 Å². The van der Waals surface area contributed by atoms with Crippen molar-refractivity contribution in [3.05, 3.63) is 33.9 Å². The molecule has 1 atom stereocenters. The lowest BCUT2D eigenvalue weighted by Gasteiger charge is -2.33. The fraction of sp³-hybridized carbons (Fsp3) is 0.611. The number of hydrogen-bond acceptors (Lipinski definition) is 6. The van der Waals surface area contributed by atoms with Crippen molar-refractivity contribution in [1.29, 1.82) is 0 Å². The van der Waals surface area contributed by atoms with Crippen LogP contribution < -0.4 is 4.90 Å². The number of esters is 1. The Hall–Kier alpha value is -2.15. The van der Waals surface area contributed by atoms with Crippen LogP contribution in [-0.4, -0.2) is 43.3 Å². The minimum absolute atomic E-state index is 0.0677.